The molecule has 1 aromatic heterocycles. The van der Waals surface area contributed by atoms with E-state index in [1.54, 1.807) is 0 Å². The summed E-state index contributed by atoms with van der Waals surface area (Å²) in [6, 6.07) is 2.45. The Kier molecular flexibility index (Phi) is 6.22. The van der Waals surface area contributed by atoms with Crippen LogP contribution in [0.4, 0.5) is 0 Å². The molecule has 2 unspecified atom stereocenters. The number of ether oxygens (including phenoxy) is 1. The Balaban J connectivity index is 1.64. The van der Waals surface area contributed by atoms with E-state index in [0.717, 1.165) is 37.0 Å². The molecular formula is C20H34N4O2. The van der Waals surface area contributed by atoms with Crippen LogP contribution in [0.2, 0.25) is 0 Å². The van der Waals surface area contributed by atoms with Crippen LogP contribution in [-0.2, 0) is 11.3 Å². The molecule has 2 aliphatic carbocycles. The SMILES string of the molecule is CCNC(=NCc1cc(C(C)C)no1)NC1CC(OCC)C12CCCC2. The lowest BCUT2D eigenvalue weighted by Gasteiger charge is -2.54. The van der Waals surface area contributed by atoms with Gasteiger partial charge in [0.25, 0.3) is 0 Å². The number of hydrogen-bond acceptors (Lipinski definition) is 4. The zero-order valence-electron chi connectivity index (χ0n) is 16.7. The maximum atomic E-state index is 6.02. The van der Waals surface area contributed by atoms with Crippen LogP contribution < -0.4 is 10.6 Å². The Morgan fingerprint density at radius 3 is 2.77 bits per heavy atom. The molecule has 2 fully saturated rings. The van der Waals surface area contributed by atoms with Crippen LogP contribution in [0.15, 0.2) is 15.6 Å². The van der Waals surface area contributed by atoms with Crippen molar-refractivity contribution in [1.29, 1.82) is 0 Å². The number of guanidine groups is 1. The van der Waals surface area contributed by atoms with Gasteiger partial charge in [0.1, 0.15) is 6.54 Å². The highest BCUT2D eigenvalue weighted by atomic mass is 16.5. The van der Waals surface area contributed by atoms with Crippen molar-refractivity contribution in [2.24, 2.45) is 10.4 Å². The second-order valence-electron chi connectivity index (χ2n) is 7.88. The first kappa shape index (κ1) is 19.2. The summed E-state index contributed by atoms with van der Waals surface area (Å²) in [4.78, 5) is 4.72. The van der Waals surface area contributed by atoms with E-state index in [1.165, 1.54) is 25.7 Å². The molecule has 1 aromatic rings. The van der Waals surface area contributed by atoms with Crippen LogP contribution in [0.25, 0.3) is 0 Å². The molecule has 2 aliphatic rings. The first-order chi connectivity index (χ1) is 12.6. The van der Waals surface area contributed by atoms with E-state index in [0.29, 0.717) is 30.0 Å². The molecule has 2 N–H and O–H groups in total. The lowest BCUT2D eigenvalue weighted by molar-refractivity contribution is -0.125. The topological polar surface area (TPSA) is 71.7 Å². The maximum Gasteiger partial charge on any atom is 0.191 e. The van der Waals surface area contributed by atoms with Crippen molar-refractivity contribution in [3.63, 3.8) is 0 Å². The average molecular weight is 363 g/mol. The van der Waals surface area contributed by atoms with E-state index in [4.69, 9.17) is 14.3 Å². The molecule has 2 saturated carbocycles. The molecule has 2 atom stereocenters. The number of nitrogens with one attached hydrogen (secondary N) is 2. The van der Waals surface area contributed by atoms with Crippen molar-refractivity contribution >= 4 is 5.96 Å². The Morgan fingerprint density at radius 2 is 2.15 bits per heavy atom. The first-order valence-electron chi connectivity index (χ1n) is 10.2. The molecule has 26 heavy (non-hydrogen) atoms. The van der Waals surface area contributed by atoms with Gasteiger partial charge in [-0.1, -0.05) is 31.8 Å². The highest BCUT2D eigenvalue weighted by Crippen LogP contribution is 2.54. The second-order valence-corrected chi connectivity index (χ2v) is 7.88. The van der Waals surface area contributed by atoms with E-state index in [9.17, 15) is 0 Å². The van der Waals surface area contributed by atoms with E-state index in [1.807, 2.05) is 6.07 Å². The molecule has 0 radical (unpaired) electrons. The Labute approximate surface area is 157 Å². The minimum atomic E-state index is 0.295. The van der Waals surface area contributed by atoms with Crippen molar-refractivity contribution in [2.75, 3.05) is 13.2 Å². The van der Waals surface area contributed by atoms with E-state index < -0.39 is 0 Å². The molecule has 1 spiro atoms. The monoisotopic (exact) mass is 362 g/mol. The van der Waals surface area contributed by atoms with Crippen LogP contribution in [0.3, 0.4) is 0 Å². The summed E-state index contributed by atoms with van der Waals surface area (Å²) in [6.07, 6.45) is 6.61. The van der Waals surface area contributed by atoms with Gasteiger partial charge in [-0.15, -0.1) is 0 Å². The molecule has 0 bridgehead atoms. The van der Waals surface area contributed by atoms with Gasteiger partial charge in [-0.25, -0.2) is 4.99 Å². The van der Waals surface area contributed by atoms with Gasteiger partial charge in [-0.3, -0.25) is 0 Å². The molecule has 6 heteroatoms. The van der Waals surface area contributed by atoms with Gasteiger partial charge < -0.3 is 19.9 Å². The van der Waals surface area contributed by atoms with Gasteiger partial charge in [0, 0.05) is 30.7 Å². The maximum absolute atomic E-state index is 6.02. The van der Waals surface area contributed by atoms with Crippen LogP contribution >= 0.6 is 0 Å². The molecule has 0 amide bonds. The van der Waals surface area contributed by atoms with E-state index in [2.05, 4.69) is 43.5 Å². The number of aromatic nitrogens is 1. The van der Waals surface area contributed by atoms with Gasteiger partial charge >= 0.3 is 0 Å². The van der Waals surface area contributed by atoms with Gasteiger partial charge in [-0.05, 0) is 39.0 Å². The molecule has 0 saturated heterocycles. The molecular weight excluding hydrogens is 328 g/mol. The van der Waals surface area contributed by atoms with E-state index >= 15 is 0 Å². The third-order valence-electron chi connectivity index (χ3n) is 5.90. The lowest BCUT2D eigenvalue weighted by Crippen LogP contribution is -2.65. The fraction of sp³-hybridized carbons (Fsp3) is 0.800. The molecule has 0 aliphatic heterocycles. The summed E-state index contributed by atoms with van der Waals surface area (Å²) in [6.45, 7) is 10.6. The zero-order valence-corrected chi connectivity index (χ0v) is 16.7. The highest BCUT2D eigenvalue weighted by molar-refractivity contribution is 5.80. The standard InChI is InChI=1S/C20H34N4O2/c1-5-21-19(22-13-15-11-16(14(3)4)24-26-15)23-17-12-18(25-6-2)20(17)9-7-8-10-20/h11,14,17-18H,5-10,12-13H2,1-4H3,(H2,21,22,23). The third-order valence-corrected chi connectivity index (χ3v) is 5.90. The quantitative estimate of drug-likeness (QED) is 0.573. The summed E-state index contributed by atoms with van der Waals surface area (Å²) in [5.74, 6) is 2.04. The predicted molar refractivity (Wildman–Crippen MR) is 103 cm³/mol. The molecule has 1 heterocycles. The third kappa shape index (κ3) is 3.90. The molecule has 0 aromatic carbocycles. The minimum Gasteiger partial charge on any atom is -0.378 e. The van der Waals surface area contributed by atoms with Gasteiger partial charge in [-0.2, -0.15) is 0 Å². The van der Waals surface area contributed by atoms with Crippen molar-refractivity contribution < 1.29 is 9.26 Å². The van der Waals surface area contributed by atoms with Gasteiger partial charge in [0.15, 0.2) is 11.7 Å². The summed E-state index contributed by atoms with van der Waals surface area (Å²) in [5.41, 5.74) is 1.28. The lowest BCUT2D eigenvalue weighted by atomic mass is 9.60. The fourth-order valence-electron chi connectivity index (χ4n) is 4.41. The summed E-state index contributed by atoms with van der Waals surface area (Å²) in [5, 5.41) is 11.2. The second kappa shape index (κ2) is 8.42. The summed E-state index contributed by atoms with van der Waals surface area (Å²) >= 11 is 0. The summed E-state index contributed by atoms with van der Waals surface area (Å²) in [7, 11) is 0. The molecule has 146 valence electrons. The normalized spacial score (nSPS) is 24.9. The van der Waals surface area contributed by atoms with Gasteiger partial charge in [0.05, 0.1) is 11.8 Å². The van der Waals surface area contributed by atoms with Crippen molar-refractivity contribution in [1.82, 2.24) is 15.8 Å². The van der Waals surface area contributed by atoms with Gasteiger partial charge in [0.2, 0.25) is 0 Å². The number of aliphatic imine (C=N–C) groups is 1. The minimum absolute atomic E-state index is 0.295. The smallest absolute Gasteiger partial charge is 0.191 e. The number of hydrogen-bond donors (Lipinski definition) is 2. The van der Waals surface area contributed by atoms with Crippen LogP contribution in [0, 0.1) is 5.41 Å². The Bertz CT molecular complexity index is 605. The van der Waals surface area contributed by atoms with Crippen LogP contribution in [0.5, 0.6) is 0 Å². The number of nitrogens with zero attached hydrogens (tertiary/aromatic N) is 2. The molecule has 3 rings (SSSR count). The fourth-order valence-corrected chi connectivity index (χ4v) is 4.41. The number of rotatable bonds is 7. The largest absolute Gasteiger partial charge is 0.378 e. The van der Waals surface area contributed by atoms with Crippen molar-refractivity contribution in [2.45, 2.75) is 84.4 Å². The molecule has 6 nitrogen and oxygen atoms in total. The Hall–Kier alpha value is -1.56. The van der Waals surface area contributed by atoms with Crippen LogP contribution in [-0.4, -0.2) is 36.4 Å². The van der Waals surface area contributed by atoms with E-state index in [-0.39, 0.29) is 0 Å². The van der Waals surface area contributed by atoms with Crippen molar-refractivity contribution in [3.8, 4) is 0 Å². The predicted octanol–water partition coefficient (Wildman–Crippen LogP) is 3.59. The summed E-state index contributed by atoms with van der Waals surface area (Å²) < 4.78 is 11.4. The zero-order chi connectivity index (χ0) is 18.6. The highest BCUT2D eigenvalue weighted by Gasteiger charge is 2.56. The van der Waals surface area contributed by atoms with Crippen LogP contribution in [0.1, 0.15) is 77.2 Å². The van der Waals surface area contributed by atoms with Crippen molar-refractivity contribution in [3.05, 3.63) is 17.5 Å². The Morgan fingerprint density at radius 1 is 1.38 bits per heavy atom. The first-order valence-corrected chi connectivity index (χ1v) is 10.2. The average Bonchev–Trinajstić information content (AvgIpc) is 3.29.